The summed E-state index contributed by atoms with van der Waals surface area (Å²) in [7, 11) is 0. The van der Waals surface area contributed by atoms with E-state index in [2.05, 4.69) is 16.4 Å². The first kappa shape index (κ1) is 16.0. The van der Waals surface area contributed by atoms with Crippen molar-refractivity contribution in [3.8, 4) is 6.07 Å². The van der Waals surface area contributed by atoms with Crippen molar-refractivity contribution in [3.63, 3.8) is 0 Å². The summed E-state index contributed by atoms with van der Waals surface area (Å²) in [5, 5.41) is 12.3. The Kier molecular flexibility index (Phi) is 4.76. The summed E-state index contributed by atoms with van der Waals surface area (Å²) in [6.45, 7) is 1.64. The number of pyridine rings is 1. The number of hydrogen-bond donors (Lipinski definition) is 2. The van der Waals surface area contributed by atoms with Gasteiger partial charge in [0.05, 0.1) is 6.07 Å². The number of nitrogens with zero attached hydrogens (tertiary/aromatic N) is 2. The lowest BCUT2D eigenvalue weighted by molar-refractivity contribution is -0.135. The minimum absolute atomic E-state index is 0.288. The van der Waals surface area contributed by atoms with E-state index >= 15 is 0 Å². The zero-order chi connectivity index (χ0) is 16.2. The molecule has 6 heteroatoms. The van der Waals surface area contributed by atoms with Crippen molar-refractivity contribution in [2.24, 2.45) is 17.6 Å². The molecule has 1 saturated carbocycles. The normalized spacial score (nSPS) is 23.8. The highest BCUT2D eigenvalue weighted by molar-refractivity contribution is 5.87. The second-order valence-electron chi connectivity index (χ2n) is 5.86. The monoisotopic (exact) mass is 300 g/mol. The fourth-order valence-corrected chi connectivity index (χ4v) is 2.97. The standard InChI is InChI=1S/C16H20N4O2/c1-16(10-17,11-6-8-19-9-7-11)20-15(22)13-5-3-2-4-12(13)14(18)21/h6-9,12-13H,2-5H2,1H3,(H2,18,21)(H,20,22)/t12-,13+,16?/m0/s1. The molecule has 0 aliphatic heterocycles. The number of nitriles is 1. The Morgan fingerprint density at radius 2 is 1.91 bits per heavy atom. The Morgan fingerprint density at radius 1 is 1.32 bits per heavy atom. The van der Waals surface area contributed by atoms with Gasteiger partial charge < -0.3 is 11.1 Å². The minimum atomic E-state index is -1.15. The van der Waals surface area contributed by atoms with Crippen LogP contribution in [0.1, 0.15) is 38.2 Å². The molecular weight excluding hydrogens is 280 g/mol. The summed E-state index contributed by atoms with van der Waals surface area (Å²) in [6, 6.07) is 5.51. The van der Waals surface area contributed by atoms with Crippen molar-refractivity contribution < 1.29 is 9.59 Å². The average molecular weight is 300 g/mol. The zero-order valence-electron chi connectivity index (χ0n) is 12.6. The van der Waals surface area contributed by atoms with Gasteiger partial charge in [-0.1, -0.05) is 12.8 Å². The first-order chi connectivity index (χ1) is 10.5. The van der Waals surface area contributed by atoms with E-state index in [1.807, 2.05) is 0 Å². The fourth-order valence-electron chi connectivity index (χ4n) is 2.97. The van der Waals surface area contributed by atoms with Crippen LogP contribution in [0.15, 0.2) is 24.5 Å². The molecule has 0 radical (unpaired) electrons. The molecule has 1 aromatic heterocycles. The lowest BCUT2D eigenvalue weighted by Crippen LogP contribution is -2.49. The molecule has 0 saturated heterocycles. The quantitative estimate of drug-likeness (QED) is 0.871. The highest BCUT2D eigenvalue weighted by Gasteiger charge is 2.38. The number of hydrogen-bond acceptors (Lipinski definition) is 4. The molecule has 1 aliphatic carbocycles. The van der Waals surface area contributed by atoms with Crippen molar-refractivity contribution in [1.82, 2.24) is 10.3 Å². The number of primary amides is 1. The maximum atomic E-state index is 12.6. The molecule has 2 amide bonds. The van der Waals surface area contributed by atoms with Crippen molar-refractivity contribution in [2.75, 3.05) is 0 Å². The minimum Gasteiger partial charge on any atom is -0.369 e. The summed E-state index contributed by atoms with van der Waals surface area (Å²) in [5.41, 5.74) is 4.91. The number of carbonyl (C=O) groups excluding carboxylic acids is 2. The first-order valence-electron chi connectivity index (χ1n) is 7.41. The van der Waals surface area contributed by atoms with Crippen LogP contribution < -0.4 is 11.1 Å². The molecule has 22 heavy (non-hydrogen) atoms. The van der Waals surface area contributed by atoms with E-state index in [1.165, 1.54) is 0 Å². The number of nitrogens with two attached hydrogens (primary N) is 1. The Balaban J connectivity index is 2.19. The molecular formula is C16H20N4O2. The number of amides is 2. The van der Waals surface area contributed by atoms with Gasteiger partial charge in [-0.2, -0.15) is 5.26 Å². The van der Waals surface area contributed by atoms with Crippen LogP contribution in [0.4, 0.5) is 0 Å². The van der Waals surface area contributed by atoms with Crippen LogP contribution in [0.3, 0.4) is 0 Å². The zero-order valence-corrected chi connectivity index (χ0v) is 12.6. The summed E-state index contributed by atoms with van der Waals surface area (Å²) in [4.78, 5) is 28.0. The number of rotatable bonds is 4. The number of carbonyl (C=O) groups is 2. The van der Waals surface area contributed by atoms with Crippen molar-refractivity contribution in [2.45, 2.75) is 38.1 Å². The molecule has 3 atom stereocenters. The molecule has 0 aromatic carbocycles. The molecule has 0 bridgehead atoms. The molecule has 116 valence electrons. The van der Waals surface area contributed by atoms with Gasteiger partial charge in [0, 0.05) is 24.2 Å². The SMILES string of the molecule is CC(C#N)(NC(=O)[C@@H]1CCCC[C@@H]1C(N)=O)c1ccncc1. The van der Waals surface area contributed by atoms with Crippen LogP contribution in [-0.4, -0.2) is 16.8 Å². The molecule has 2 rings (SSSR count). The van der Waals surface area contributed by atoms with E-state index in [9.17, 15) is 14.9 Å². The van der Waals surface area contributed by atoms with Crippen molar-refractivity contribution >= 4 is 11.8 Å². The largest absolute Gasteiger partial charge is 0.369 e. The molecule has 6 nitrogen and oxygen atoms in total. The Bertz CT molecular complexity index is 596. The smallest absolute Gasteiger partial charge is 0.225 e. The Morgan fingerprint density at radius 3 is 2.45 bits per heavy atom. The van der Waals surface area contributed by atoms with Crippen LogP contribution in [0.2, 0.25) is 0 Å². The van der Waals surface area contributed by atoms with Gasteiger partial charge >= 0.3 is 0 Å². The van der Waals surface area contributed by atoms with Gasteiger partial charge in [-0.05, 0) is 37.5 Å². The van der Waals surface area contributed by atoms with Crippen LogP contribution in [0.25, 0.3) is 0 Å². The lowest BCUT2D eigenvalue weighted by Gasteiger charge is -2.32. The van der Waals surface area contributed by atoms with Gasteiger partial charge in [-0.25, -0.2) is 0 Å². The maximum Gasteiger partial charge on any atom is 0.225 e. The van der Waals surface area contributed by atoms with Crippen LogP contribution in [0, 0.1) is 23.2 Å². The summed E-state index contributed by atoms with van der Waals surface area (Å²) in [6.07, 6.45) is 6.19. The van der Waals surface area contributed by atoms with Crippen molar-refractivity contribution in [1.29, 1.82) is 5.26 Å². The topological polar surface area (TPSA) is 109 Å². The van der Waals surface area contributed by atoms with Gasteiger partial charge in [-0.15, -0.1) is 0 Å². The molecule has 1 fully saturated rings. The highest BCUT2D eigenvalue weighted by atomic mass is 16.2. The highest BCUT2D eigenvalue weighted by Crippen LogP contribution is 2.31. The number of aromatic nitrogens is 1. The molecule has 0 spiro atoms. The predicted molar refractivity (Wildman–Crippen MR) is 80.0 cm³/mol. The average Bonchev–Trinajstić information content (AvgIpc) is 2.55. The molecule has 1 aromatic rings. The third kappa shape index (κ3) is 3.25. The maximum absolute atomic E-state index is 12.6. The molecule has 3 N–H and O–H groups in total. The van der Waals surface area contributed by atoms with Crippen LogP contribution in [-0.2, 0) is 15.1 Å². The predicted octanol–water partition coefficient (Wildman–Crippen LogP) is 1.23. The van der Waals surface area contributed by atoms with E-state index in [0.717, 1.165) is 12.8 Å². The third-order valence-electron chi connectivity index (χ3n) is 4.32. The van der Waals surface area contributed by atoms with Gasteiger partial charge in [0.25, 0.3) is 0 Å². The Labute approximate surface area is 129 Å². The molecule has 1 aliphatic rings. The second-order valence-corrected chi connectivity index (χ2v) is 5.86. The van der Waals surface area contributed by atoms with E-state index in [4.69, 9.17) is 5.73 Å². The summed E-state index contributed by atoms with van der Waals surface area (Å²) < 4.78 is 0. The van der Waals surface area contributed by atoms with Gasteiger partial charge in [0.15, 0.2) is 0 Å². The van der Waals surface area contributed by atoms with Gasteiger partial charge in [-0.3, -0.25) is 14.6 Å². The first-order valence-corrected chi connectivity index (χ1v) is 7.41. The van der Waals surface area contributed by atoms with E-state index in [0.29, 0.717) is 18.4 Å². The molecule has 1 heterocycles. The van der Waals surface area contributed by atoms with Crippen LogP contribution in [0.5, 0.6) is 0 Å². The summed E-state index contributed by atoms with van der Waals surface area (Å²) in [5.74, 6) is -1.64. The van der Waals surface area contributed by atoms with E-state index in [-0.39, 0.29) is 5.91 Å². The van der Waals surface area contributed by atoms with E-state index in [1.54, 1.807) is 31.5 Å². The second kappa shape index (κ2) is 6.56. The third-order valence-corrected chi connectivity index (χ3v) is 4.32. The van der Waals surface area contributed by atoms with Crippen LogP contribution >= 0.6 is 0 Å². The van der Waals surface area contributed by atoms with E-state index < -0.39 is 23.3 Å². The Hall–Kier alpha value is -2.42. The van der Waals surface area contributed by atoms with Gasteiger partial charge in [0.2, 0.25) is 11.8 Å². The lowest BCUT2D eigenvalue weighted by atomic mass is 9.77. The summed E-state index contributed by atoms with van der Waals surface area (Å²) >= 11 is 0. The molecule has 1 unspecified atom stereocenters. The number of nitrogens with one attached hydrogen (secondary N) is 1. The van der Waals surface area contributed by atoms with Crippen molar-refractivity contribution in [3.05, 3.63) is 30.1 Å². The van der Waals surface area contributed by atoms with Gasteiger partial charge in [0.1, 0.15) is 5.54 Å². The fraction of sp³-hybridized carbons (Fsp3) is 0.500.